The standard InChI is InChI=1S/C17H16N2O4S/c1-22-17(21)11-9-24-10-14(11)18-12-5-2-3-6-13(12)19-16(20)15-7-4-8-23-15/h2-8,18H,9-10H2,1H3,(H,19,20). The molecule has 2 N–H and O–H groups in total. The second-order valence-corrected chi connectivity index (χ2v) is 6.03. The molecule has 0 aliphatic carbocycles. The van der Waals surface area contributed by atoms with Gasteiger partial charge in [0.05, 0.1) is 30.3 Å². The lowest BCUT2D eigenvalue weighted by Crippen LogP contribution is -2.14. The number of nitrogens with one attached hydrogen (secondary N) is 2. The van der Waals surface area contributed by atoms with E-state index in [4.69, 9.17) is 9.15 Å². The van der Waals surface area contributed by atoms with Gasteiger partial charge in [-0.2, -0.15) is 11.8 Å². The van der Waals surface area contributed by atoms with Gasteiger partial charge in [-0.1, -0.05) is 12.1 Å². The highest BCUT2D eigenvalue weighted by Gasteiger charge is 2.23. The summed E-state index contributed by atoms with van der Waals surface area (Å²) >= 11 is 1.63. The zero-order valence-electron chi connectivity index (χ0n) is 13.0. The fraction of sp³-hybridized carbons (Fsp3) is 0.176. The number of esters is 1. The predicted octanol–water partition coefficient (Wildman–Crippen LogP) is 3.12. The highest BCUT2D eigenvalue weighted by molar-refractivity contribution is 8.00. The molecule has 0 unspecified atom stereocenters. The van der Waals surface area contributed by atoms with Crippen molar-refractivity contribution in [1.82, 2.24) is 0 Å². The van der Waals surface area contributed by atoms with Gasteiger partial charge < -0.3 is 19.8 Å². The highest BCUT2D eigenvalue weighted by atomic mass is 32.2. The Hall–Kier alpha value is -2.67. The van der Waals surface area contributed by atoms with Crippen molar-refractivity contribution in [2.75, 3.05) is 29.2 Å². The molecule has 1 amide bonds. The third kappa shape index (κ3) is 3.46. The normalized spacial score (nSPS) is 13.7. The summed E-state index contributed by atoms with van der Waals surface area (Å²) in [6.07, 6.45) is 1.45. The number of hydrogen-bond donors (Lipinski definition) is 2. The number of ether oxygens (including phenoxy) is 1. The summed E-state index contributed by atoms with van der Waals surface area (Å²) in [5.41, 5.74) is 2.73. The van der Waals surface area contributed by atoms with Crippen molar-refractivity contribution < 1.29 is 18.7 Å². The van der Waals surface area contributed by atoms with E-state index in [1.54, 1.807) is 30.0 Å². The van der Waals surface area contributed by atoms with Crippen molar-refractivity contribution in [3.63, 3.8) is 0 Å². The SMILES string of the molecule is COC(=O)C1=C(Nc2ccccc2NC(=O)c2ccco2)CSC1. The van der Waals surface area contributed by atoms with Gasteiger partial charge in [0.25, 0.3) is 5.91 Å². The molecule has 0 spiro atoms. The molecule has 124 valence electrons. The Morgan fingerprint density at radius 1 is 1.12 bits per heavy atom. The van der Waals surface area contributed by atoms with E-state index in [0.717, 1.165) is 5.70 Å². The average Bonchev–Trinajstić information content (AvgIpc) is 3.27. The van der Waals surface area contributed by atoms with Crippen LogP contribution in [0.1, 0.15) is 10.6 Å². The van der Waals surface area contributed by atoms with Crippen LogP contribution in [0.4, 0.5) is 11.4 Å². The third-order valence-electron chi connectivity index (χ3n) is 3.49. The number of rotatable bonds is 5. The summed E-state index contributed by atoms with van der Waals surface area (Å²) in [4.78, 5) is 24.0. The lowest BCUT2D eigenvalue weighted by molar-refractivity contribution is -0.136. The molecule has 0 radical (unpaired) electrons. The van der Waals surface area contributed by atoms with Crippen molar-refractivity contribution in [2.45, 2.75) is 0 Å². The van der Waals surface area contributed by atoms with Crippen LogP contribution in [0.25, 0.3) is 0 Å². The summed E-state index contributed by atoms with van der Waals surface area (Å²) < 4.78 is 9.91. The van der Waals surface area contributed by atoms with Crippen LogP contribution in [0, 0.1) is 0 Å². The van der Waals surface area contributed by atoms with E-state index in [1.165, 1.54) is 13.4 Å². The molecule has 24 heavy (non-hydrogen) atoms. The number of carbonyl (C=O) groups excluding carboxylic acids is 2. The number of furan rings is 1. The summed E-state index contributed by atoms with van der Waals surface area (Å²) in [5.74, 6) is 0.855. The van der Waals surface area contributed by atoms with Crippen LogP contribution >= 0.6 is 11.8 Å². The van der Waals surface area contributed by atoms with Crippen molar-refractivity contribution >= 4 is 35.0 Å². The molecule has 2 aromatic rings. The third-order valence-corrected chi connectivity index (χ3v) is 4.48. The number of para-hydroxylation sites is 2. The van der Waals surface area contributed by atoms with Gasteiger partial charge >= 0.3 is 5.97 Å². The Morgan fingerprint density at radius 2 is 1.92 bits per heavy atom. The van der Waals surface area contributed by atoms with E-state index >= 15 is 0 Å². The average molecular weight is 344 g/mol. The molecule has 0 bridgehead atoms. The first kappa shape index (κ1) is 16.2. The van der Waals surface area contributed by atoms with Crippen LogP contribution in [0.3, 0.4) is 0 Å². The van der Waals surface area contributed by atoms with Gasteiger partial charge in [0.1, 0.15) is 0 Å². The van der Waals surface area contributed by atoms with Gasteiger partial charge in [-0.15, -0.1) is 0 Å². The second kappa shape index (κ2) is 7.27. The smallest absolute Gasteiger partial charge is 0.336 e. The maximum Gasteiger partial charge on any atom is 0.336 e. The van der Waals surface area contributed by atoms with E-state index in [1.807, 2.05) is 18.2 Å². The molecule has 1 aromatic carbocycles. The molecule has 3 rings (SSSR count). The molecule has 0 saturated heterocycles. The first-order valence-electron chi connectivity index (χ1n) is 7.28. The molecule has 0 saturated carbocycles. The number of amides is 1. The zero-order chi connectivity index (χ0) is 16.9. The first-order chi connectivity index (χ1) is 11.7. The molecule has 0 atom stereocenters. The Labute approximate surface area is 143 Å². The fourth-order valence-corrected chi connectivity index (χ4v) is 3.35. The molecule has 1 aliphatic rings. The van der Waals surface area contributed by atoms with Crippen LogP contribution in [-0.4, -0.2) is 30.5 Å². The van der Waals surface area contributed by atoms with Crippen LogP contribution in [-0.2, 0) is 9.53 Å². The molecule has 0 fully saturated rings. The summed E-state index contributed by atoms with van der Waals surface area (Å²) in [7, 11) is 1.37. The quantitative estimate of drug-likeness (QED) is 0.811. The van der Waals surface area contributed by atoms with Gasteiger partial charge in [0.15, 0.2) is 5.76 Å². The minimum absolute atomic E-state index is 0.232. The minimum Gasteiger partial charge on any atom is -0.466 e. The van der Waals surface area contributed by atoms with Crippen molar-refractivity contribution in [1.29, 1.82) is 0 Å². The summed E-state index contributed by atoms with van der Waals surface area (Å²) in [5, 5.41) is 6.04. The number of methoxy groups -OCH3 is 1. The lowest BCUT2D eigenvalue weighted by atomic mass is 10.2. The van der Waals surface area contributed by atoms with Crippen LogP contribution in [0.15, 0.2) is 58.3 Å². The fourth-order valence-electron chi connectivity index (χ4n) is 2.30. The largest absolute Gasteiger partial charge is 0.466 e. The molecule has 2 heterocycles. The molecule has 6 nitrogen and oxygen atoms in total. The summed E-state index contributed by atoms with van der Waals surface area (Å²) in [6, 6.07) is 10.5. The topological polar surface area (TPSA) is 80.6 Å². The van der Waals surface area contributed by atoms with Gasteiger partial charge in [0.2, 0.25) is 0 Å². The number of benzene rings is 1. The zero-order valence-corrected chi connectivity index (χ0v) is 13.8. The van der Waals surface area contributed by atoms with E-state index in [-0.39, 0.29) is 17.6 Å². The Kier molecular flexibility index (Phi) is 4.90. The van der Waals surface area contributed by atoms with Crippen LogP contribution in [0.5, 0.6) is 0 Å². The molecule has 1 aliphatic heterocycles. The number of anilines is 2. The minimum atomic E-state index is -0.336. The maximum atomic E-state index is 12.2. The van der Waals surface area contributed by atoms with Gasteiger partial charge in [-0.3, -0.25) is 4.79 Å². The van der Waals surface area contributed by atoms with Gasteiger partial charge in [-0.25, -0.2) is 4.79 Å². The van der Waals surface area contributed by atoms with E-state index in [9.17, 15) is 9.59 Å². The number of thioether (sulfide) groups is 1. The lowest BCUT2D eigenvalue weighted by Gasteiger charge is -2.14. The van der Waals surface area contributed by atoms with Crippen LogP contribution in [0.2, 0.25) is 0 Å². The monoisotopic (exact) mass is 344 g/mol. The Balaban J connectivity index is 1.82. The molecule has 7 heteroatoms. The summed E-state index contributed by atoms with van der Waals surface area (Å²) in [6.45, 7) is 0. The second-order valence-electron chi connectivity index (χ2n) is 5.04. The Morgan fingerprint density at radius 3 is 2.62 bits per heavy atom. The molecular weight excluding hydrogens is 328 g/mol. The molecular formula is C17H16N2O4S. The van der Waals surface area contributed by atoms with Gasteiger partial charge in [-0.05, 0) is 24.3 Å². The maximum absolute atomic E-state index is 12.2. The van der Waals surface area contributed by atoms with Crippen LogP contribution < -0.4 is 10.6 Å². The van der Waals surface area contributed by atoms with Gasteiger partial charge in [0, 0.05) is 17.2 Å². The van der Waals surface area contributed by atoms with E-state index < -0.39 is 0 Å². The number of carbonyl (C=O) groups is 2. The van der Waals surface area contributed by atoms with Crippen molar-refractivity contribution in [2.24, 2.45) is 0 Å². The van der Waals surface area contributed by atoms with E-state index in [2.05, 4.69) is 10.6 Å². The van der Waals surface area contributed by atoms with E-state index in [0.29, 0.717) is 28.5 Å². The predicted molar refractivity (Wildman–Crippen MR) is 93.1 cm³/mol. The van der Waals surface area contributed by atoms with Crippen molar-refractivity contribution in [3.05, 3.63) is 59.7 Å². The first-order valence-corrected chi connectivity index (χ1v) is 8.43. The van der Waals surface area contributed by atoms with Crippen molar-refractivity contribution in [3.8, 4) is 0 Å². The molecule has 1 aromatic heterocycles. The highest BCUT2D eigenvalue weighted by Crippen LogP contribution is 2.30. The number of hydrogen-bond acceptors (Lipinski definition) is 6. The Bertz CT molecular complexity index is 784.